The molecule has 0 spiro atoms. The summed E-state index contributed by atoms with van der Waals surface area (Å²) in [5, 5.41) is 11.2. The second kappa shape index (κ2) is 7.70. The molecule has 1 saturated heterocycles. The van der Waals surface area contributed by atoms with Crippen LogP contribution in [0.5, 0.6) is 0 Å². The molecule has 0 saturated carbocycles. The Kier molecular flexibility index (Phi) is 5.37. The summed E-state index contributed by atoms with van der Waals surface area (Å²) in [6, 6.07) is 9.45. The van der Waals surface area contributed by atoms with E-state index in [4.69, 9.17) is 4.74 Å². The molecule has 0 atom stereocenters. The number of rotatable bonds is 5. The van der Waals surface area contributed by atoms with Crippen LogP contribution in [-0.4, -0.2) is 43.2 Å². The number of aryl methyl sites for hydroxylation is 2. The van der Waals surface area contributed by atoms with Crippen LogP contribution >= 0.6 is 0 Å². The first-order valence-electron chi connectivity index (χ1n) is 8.69. The zero-order valence-electron chi connectivity index (χ0n) is 15.4. The van der Waals surface area contributed by atoms with Gasteiger partial charge in [0.05, 0.1) is 17.1 Å². The highest BCUT2D eigenvalue weighted by molar-refractivity contribution is 5.57. The zero-order chi connectivity index (χ0) is 18.7. The minimum atomic E-state index is -0.359. The number of nitro groups is 1. The first-order chi connectivity index (χ1) is 12.5. The van der Waals surface area contributed by atoms with E-state index in [9.17, 15) is 10.1 Å². The number of anilines is 2. The number of hydrogen-bond acceptors (Lipinski definition) is 6. The van der Waals surface area contributed by atoms with Crippen molar-refractivity contribution in [3.8, 4) is 0 Å². The number of aromatic nitrogens is 1. The summed E-state index contributed by atoms with van der Waals surface area (Å²) in [5.74, 6) is 1.02. The first kappa shape index (κ1) is 18.1. The van der Waals surface area contributed by atoms with Gasteiger partial charge in [-0.25, -0.2) is 4.98 Å². The quantitative estimate of drug-likeness (QED) is 0.606. The van der Waals surface area contributed by atoms with Crippen molar-refractivity contribution < 1.29 is 9.66 Å². The monoisotopic (exact) mass is 356 g/mol. The van der Waals surface area contributed by atoms with Crippen molar-refractivity contribution in [1.29, 1.82) is 0 Å². The summed E-state index contributed by atoms with van der Waals surface area (Å²) in [7, 11) is 1.55. The van der Waals surface area contributed by atoms with E-state index in [1.54, 1.807) is 13.2 Å². The molecular formula is C19H24N4O3. The fourth-order valence-corrected chi connectivity index (χ4v) is 3.39. The average molecular weight is 356 g/mol. The summed E-state index contributed by atoms with van der Waals surface area (Å²) < 4.78 is 5.12. The Hall–Kier alpha value is -2.67. The van der Waals surface area contributed by atoms with E-state index in [2.05, 4.69) is 33.8 Å². The first-order valence-corrected chi connectivity index (χ1v) is 8.69. The zero-order valence-corrected chi connectivity index (χ0v) is 15.4. The van der Waals surface area contributed by atoms with Crippen molar-refractivity contribution in [2.45, 2.75) is 20.5 Å². The molecule has 7 heteroatoms. The van der Waals surface area contributed by atoms with Gasteiger partial charge in [-0.2, -0.15) is 0 Å². The van der Waals surface area contributed by atoms with Crippen molar-refractivity contribution in [3.63, 3.8) is 0 Å². The van der Waals surface area contributed by atoms with Gasteiger partial charge in [0.25, 0.3) is 5.69 Å². The van der Waals surface area contributed by atoms with E-state index in [1.807, 2.05) is 19.1 Å². The summed E-state index contributed by atoms with van der Waals surface area (Å²) in [4.78, 5) is 20.0. The third-order valence-corrected chi connectivity index (χ3v) is 4.61. The summed E-state index contributed by atoms with van der Waals surface area (Å²) in [5.41, 5.74) is 3.95. The molecule has 1 fully saturated rings. The summed E-state index contributed by atoms with van der Waals surface area (Å²) >= 11 is 0. The predicted molar refractivity (Wildman–Crippen MR) is 102 cm³/mol. The Balaban J connectivity index is 1.73. The van der Waals surface area contributed by atoms with Gasteiger partial charge in [0.2, 0.25) is 0 Å². The number of hydrogen-bond donors (Lipinski definition) is 0. The lowest BCUT2D eigenvalue weighted by molar-refractivity contribution is -0.385. The fourth-order valence-electron chi connectivity index (χ4n) is 3.39. The normalized spacial score (nSPS) is 14.6. The van der Waals surface area contributed by atoms with Crippen LogP contribution < -0.4 is 9.80 Å². The number of nitro benzene ring substituents is 1. The molecule has 2 aromatic rings. The second-order valence-corrected chi connectivity index (χ2v) is 6.62. The van der Waals surface area contributed by atoms with Crippen molar-refractivity contribution in [2.24, 2.45) is 0 Å². The molecule has 0 amide bonds. The molecule has 3 rings (SSSR count). The van der Waals surface area contributed by atoms with Crippen LogP contribution in [0.25, 0.3) is 0 Å². The van der Waals surface area contributed by atoms with Gasteiger partial charge in [0.1, 0.15) is 5.82 Å². The maximum Gasteiger partial charge on any atom is 0.275 e. The summed E-state index contributed by atoms with van der Waals surface area (Å²) in [6.45, 7) is 7.76. The topological polar surface area (TPSA) is 71.7 Å². The molecule has 1 aliphatic heterocycles. The molecule has 0 bridgehead atoms. The molecule has 7 nitrogen and oxygen atoms in total. The number of ether oxygens (including phenoxy) is 1. The van der Waals surface area contributed by atoms with E-state index >= 15 is 0 Å². The van der Waals surface area contributed by atoms with Crippen LogP contribution in [-0.2, 0) is 11.3 Å². The Morgan fingerprint density at radius 3 is 2.42 bits per heavy atom. The lowest BCUT2D eigenvalue weighted by Gasteiger charge is -2.37. The lowest BCUT2D eigenvalue weighted by atomic mass is 10.1. The molecule has 138 valence electrons. The molecule has 26 heavy (non-hydrogen) atoms. The highest BCUT2D eigenvalue weighted by Gasteiger charge is 2.21. The second-order valence-electron chi connectivity index (χ2n) is 6.62. The number of methoxy groups -OCH3 is 1. The number of piperazine rings is 1. The van der Waals surface area contributed by atoms with Gasteiger partial charge in [0.15, 0.2) is 0 Å². The molecule has 0 aliphatic carbocycles. The number of pyridine rings is 1. The smallest absolute Gasteiger partial charge is 0.275 e. The van der Waals surface area contributed by atoms with Crippen LogP contribution in [0, 0.1) is 24.0 Å². The van der Waals surface area contributed by atoms with Crippen molar-refractivity contribution in [3.05, 3.63) is 57.3 Å². The predicted octanol–water partition coefficient (Wildman–Crippen LogP) is 3.08. The molecule has 1 aromatic heterocycles. The van der Waals surface area contributed by atoms with E-state index in [1.165, 1.54) is 5.56 Å². The van der Waals surface area contributed by atoms with Crippen molar-refractivity contribution >= 4 is 17.2 Å². The van der Waals surface area contributed by atoms with Gasteiger partial charge in [0, 0.05) is 50.7 Å². The Labute approximate surface area is 153 Å². The molecular weight excluding hydrogens is 332 g/mol. The maximum atomic E-state index is 11.2. The van der Waals surface area contributed by atoms with Crippen molar-refractivity contribution in [2.75, 3.05) is 43.1 Å². The lowest BCUT2D eigenvalue weighted by Crippen LogP contribution is -2.47. The average Bonchev–Trinajstić information content (AvgIpc) is 2.61. The fraction of sp³-hybridized carbons (Fsp3) is 0.421. The Morgan fingerprint density at radius 2 is 1.81 bits per heavy atom. The van der Waals surface area contributed by atoms with Crippen LogP contribution in [0.15, 0.2) is 30.3 Å². The number of nitrogens with zero attached hydrogens (tertiary/aromatic N) is 4. The molecule has 2 heterocycles. The van der Waals surface area contributed by atoms with Gasteiger partial charge in [-0.15, -0.1) is 0 Å². The van der Waals surface area contributed by atoms with E-state index in [0.29, 0.717) is 5.56 Å². The van der Waals surface area contributed by atoms with Gasteiger partial charge in [-0.1, -0.05) is 0 Å². The molecule has 0 radical (unpaired) electrons. The molecule has 0 N–H and O–H groups in total. The summed E-state index contributed by atoms with van der Waals surface area (Å²) in [6.07, 6.45) is 0. The van der Waals surface area contributed by atoms with Crippen LogP contribution in [0.4, 0.5) is 17.2 Å². The van der Waals surface area contributed by atoms with Crippen LogP contribution in [0.2, 0.25) is 0 Å². The van der Waals surface area contributed by atoms with E-state index < -0.39 is 0 Å². The third-order valence-electron chi connectivity index (χ3n) is 4.61. The highest BCUT2D eigenvalue weighted by atomic mass is 16.6. The van der Waals surface area contributed by atoms with Gasteiger partial charge >= 0.3 is 0 Å². The number of benzene rings is 1. The highest BCUT2D eigenvalue weighted by Crippen LogP contribution is 2.27. The van der Waals surface area contributed by atoms with Crippen LogP contribution in [0.1, 0.15) is 16.8 Å². The maximum absolute atomic E-state index is 11.2. The minimum absolute atomic E-state index is 0.105. The molecule has 0 unspecified atom stereocenters. The molecule has 1 aromatic carbocycles. The largest absolute Gasteiger partial charge is 0.380 e. The minimum Gasteiger partial charge on any atom is -0.380 e. The SMILES string of the molecule is COCc1cc(N2CCN(c3cc(C)cc(C)n3)CC2)ccc1[N+](=O)[O-]. The van der Waals surface area contributed by atoms with E-state index in [-0.39, 0.29) is 17.2 Å². The molecule has 1 aliphatic rings. The van der Waals surface area contributed by atoms with Crippen LogP contribution in [0.3, 0.4) is 0 Å². The van der Waals surface area contributed by atoms with Crippen molar-refractivity contribution in [1.82, 2.24) is 4.98 Å². The van der Waals surface area contributed by atoms with Gasteiger partial charge in [-0.05, 0) is 43.7 Å². The standard InChI is InChI=1S/C19H24N4O3/c1-14-10-15(2)20-19(11-14)22-8-6-21(7-9-22)17-4-5-18(23(24)25)16(12-17)13-26-3/h4-5,10-12H,6-9,13H2,1-3H3. The van der Waals surface area contributed by atoms with Gasteiger partial charge < -0.3 is 14.5 Å². The Morgan fingerprint density at radius 1 is 1.12 bits per heavy atom. The Bertz CT molecular complexity index is 781. The third kappa shape index (κ3) is 3.94. The van der Waals surface area contributed by atoms with E-state index in [0.717, 1.165) is 43.4 Å². The van der Waals surface area contributed by atoms with Gasteiger partial charge in [-0.3, -0.25) is 10.1 Å².